The number of amides is 1. The van der Waals surface area contributed by atoms with Crippen molar-refractivity contribution in [1.29, 1.82) is 0 Å². The van der Waals surface area contributed by atoms with Crippen molar-refractivity contribution in [2.24, 2.45) is 5.92 Å². The second kappa shape index (κ2) is 7.18. The molecule has 3 unspecified atom stereocenters. The zero-order valence-corrected chi connectivity index (χ0v) is 14.1. The van der Waals surface area contributed by atoms with Gasteiger partial charge in [-0.05, 0) is 36.0 Å². The Morgan fingerprint density at radius 3 is 2.57 bits per heavy atom. The first kappa shape index (κ1) is 16.1. The fraction of sp³-hybridized carbons (Fsp3) is 0.350. The minimum Gasteiger partial charge on any atom is -0.355 e. The molecule has 1 saturated carbocycles. The lowest BCUT2D eigenvalue weighted by Crippen LogP contribution is -2.29. The number of carbonyl (C=O) groups excluding carboxylic acids is 1. The van der Waals surface area contributed by atoms with Crippen LogP contribution >= 0.6 is 11.6 Å². The smallest absolute Gasteiger partial charge is 0.223 e. The molecule has 3 heteroatoms. The average Bonchev–Trinajstić information content (AvgIpc) is 3.37. The molecule has 1 aliphatic carbocycles. The maximum absolute atomic E-state index is 12.4. The molecule has 1 N–H and O–H groups in total. The standard InChI is InChI=1S/C20H22ClNO/c1-2-14(15-8-4-3-5-9-15)13-22-20(23)18-12-17(18)16-10-6-7-11-19(16)21/h3-11,14,17-18H,2,12-13H2,1H3,(H,22,23). The van der Waals surface area contributed by atoms with Crippen LogP contribution in [0, 0.1) is 5.92 Å². The Bertz CT molecular complexity index is 670. The van der Waals surface area contributed by atoms with Gasteiger partial charge in [-0.15, -0.1) is 0 Å². The van der Waals surface area contributed by atoms with Crippen LogP contribution in [0.25, 0.3) is 0 Å². The lowest BCUT2D eigenvalue weighted by molar-refractivity contribution is -0.122. The number of nitrogens with one attached hydrogen (secondary N) is 1. The Labute approximate surface area is 142 Å². The molecule has 2 aromatic carbocycles. The van der Waals surface area contributed by atoms with Gasteiger partial charge in [-0.25, -0.2) is 0 Å². The van der Waals surface area contributed by atoms with Gasteiger partial charge in [0.15, 0.2) is 0 Å². The van der Waals surface area contributed by atoms with E-state index < -0.39 is 0 Å². The predicted molar refractivity (Wildman–Crippen MR) is 94.8 cm³/mol. The van der Waals surface area contributed by atoms with Crippen LogP contribution in [0.15, 0.2) is 54.6 Å². The highest BCUT2D eigenvalue weighted by molar-refractivity contribution is 6.31. The topological polar surface area (TPSA) is 29.1 Å². The molecule has 0 heterocycles. The van der Waals surface area contributed by atoms with Crippen molar-refractivity contribution in [3.05, 3.63) is 70.7 Å². The first-order chi connectivity index (χ1) is 11.2. The summed E-state index contributed by atoms with van der Waals surface area (Å²) >= 11 is 6.23. The summed E-state index contributed by atoms with van der Waals surface area (Å²) in [6, 6.07) is 18.2. The number of halogens is 1. The van der Waals surface area contributed by atoms with E-state index in [0.717, 1.165) is 23.4 Å². The molecule has 0 saturated heterocycles. The predicted octanol–water partition coefficient (Wildman–Crippen LogP) is 4.75. The molecule has 3 rings (SSSR count). The number of rotatable bonds is 6. The third-order valence-corrected chi connectivity index (χ3v) is 5.06. The Hall–Kier alpha value is -1.80. The van der Waals surface area contributed by atoms with Crippen LogP contribution in [0.3, 0.4) is 0 Å². The molecule has 2 nitrogen and oxygen atoms in total. The molecule has 3 atom stereocenters. The summed E-state index contributed by atoms with van der Waals surface area (Å²) in [5, 5.41) is 3.90. The monoisotopic (exact) mass is 327 g/mol. The van der Waals surface area contributed by atoms with Gasteiger partial charge in [-0.2, -0.15) is 0 Å². The van der Waals surface area contributed by atoms with Crippen molar-refractivity contribution in [3.63, 3.8) is 0 Å². The van der Waals surface area contributed by atoms with E-state index in [-0.39, 0.29) is 17.7 Å². The second-order valence-corrected chi connectivity index (χ2v) is 6.64. The molecule has 0 aromatic heterocycles. The van der Waals surface area contributed by atoms with E-state index in [9.17, 15) is 4.79 Å². The number of benzene rings is 2. The van der Waals surface area contributed by atoms with Crippen molar-refractivity contribution < 1.29 is 4.79 Å². The summed E-state index contributed by atoms with van der Waals surface area (Å²) in [5.74, 6) is 0.880. The number of carbonyl (C=O) groups is 1. The lowest BCUT2D eigenvalue weighted by Gasteiger charge is -2.16. The molecule has 23 heavy (non-hydrogen) atoms. The quantitative estimate of drug-likeness (QED) is 0.814. The summed E-state index contributed by atoms with van der Waals surface area (Å²) in [6.07, 6.45) is 1.92. The average molecular weight is 328 g/mol. The third-order valence-electron chi connectivity index (χ3n) is 4.72. The van der Waals surface area contributed by atoms with Gasteiger partial charge >= 0.3 is 0 Å². The van der Waals surface area contributed by atoms with E-state index in [1.54, 1.807) is 0 Å². The van der Waals surface area contributed by atoms with Crippen LogP contribution in [0.4, 0.5) is 0 Å². The van der Waals surface area contributed by atoms with Crippen molar-refractivity contribution >= 4 is 17.5 Å². The molecule has 1 aliphatic rings. The zero-order valence-electron chi connectivity index (χ0n) is 13.3. The first-order valence-corrected chi connectivity index (χ1v) is 8.65. The van der Waals surface area contributed by atoms with E-state index >= 15 is 0 Å². The fourth-order valence-electron chi connectivity index (χ4n) is 3.18. The summed E-state index contributed by atoms with van der Waals surface area (Å²) in [7, 11) is 0. The molecule has 0 bridgehead atoms. The van der Waals surface area contributed by atoms with Gasteiger partial charge in [0.1, 0.15) is 0 Å². The molecular weight excluding hydrogens is 306 g/mol. The maximum atomic E-state index is 12.4. The highest BCUT2D eigenvalue weighted by atomic mass is 35.5. The van der Waals surface area contributed by atoms with Crippen LogP contribution in [0.5, 0.6) is 0 Å². The van der Waals surface area contributed by atoms with Gasteiger partial charge in [0.25, 0.3) is 0 Å². The van der Waals surface area contributed by atoms with Crippen LogP contribution in [0.1, 0.15) is 42.7 Å². The van der Waals surface area contributed by atoms with Crippen LogP contribution in [0.2, 0.25) is 5.02 Å². The van der Waals surface area contributed by atoms with Gasteiger partial charge in [-0.1, -0.05) is 67.1 Å². The molecule has 1 amide bonds. The molecule has 0 spiro atoms. The van der Waals surface area contributed by atoms with Crippen molar-refractivity contribution in [3.8, 4) is 0 Å². The Balaban J connectivity index is 1.56. The molecule has 0 radical (unpaired) electrons. The van der Waals surface area contributed by atoms with Crippen LogP contribution in [-0.2, 0) is 4.79 Å². The summed E-state index contributed by atoms with van der Waals surface area (Å²) in [4.78, 5) is 12.4. The minimum atomic E-state index is 0.0724. The van der Waals surface area contributed by atoms with E-state index in [2.05, 4.69) is 24.4 Å². The second-order valence-electron chi connectivity index (χ2n) is 6.23. The summed E-state index contributed by atoms with van der Waals surface area (Å²) in [6.45, 7) is 2.86. The molecule has 2 aromatic rings. The fourth-order valence-corrected chi connectivity index (χ4v) is 3.46. The Morgan fingerprint density at radius 2 is 1.87 bits per heavy atom. The van der Waals surface area contributed by atoms with Crippen LogP contribution < -0.4 is 5.32 Å². The number of hydrogen-bond donors (Lipinski definition) is 1. The highest BCUT2D eigenvalue weighted by Crippen LogP contribution is 2.49. The van der Waals surface area contributed by atoms with Gasteiger partial charge in [0.2, 0.25) is 5.91 Å². The van der Waals surface area contributed by atoms with Crippen molar-refractivity contribution in [2.75, 3.05) is 6.54 Å². The van der Waals surface area contributed by atoms with E-state index in [1.165, 1.54) is 5.56 Å². The number of hydrogen-bond acceptors (Lipinski definition) is 1. The highest BCUT2D eigenvalue weighted by Gasteiger charge is 2.44. The zero-order chi connectivity index (χ0) is 16.2. The molecular formula is C20H22ClNO. The van der Waals surface area contributed by atoms with Crippen molar-refractivity contribution in [2.45, 2.75) is 31.6 Å². The van der Waals surface area contributed by atoms with Gasteiger partial charge in [0.05, 0.1) is 0 Å². The van der Waals surface area contributed by atoms with Gasteiger partial charge in [-0.3, -0.25) is 4.79 Å². The Morgan fingerprint density at radius 1 is 1.17 bits per heavy atom. The Kier molecular flexibility index (Phi) is 5.02. The minimum absolute atomic E-state index is 0.0724. The van der Waals surface area contributed by atoms with E-state index in [0.29, 0.717) is 12.5 Å². The largest absolute Gasteiger partial charge is 0.355 e. The normalized spacial score (nSPS) is 20.8. The van der Waals surface area contributed by atoms with Gasteiger partial charge < -0.3 is 5.32 Å². The lowest BCUT2D eigenvalue weighted by atomic mass is 9.96. The molecule has 0 aliphatic heterocycles. The third kappa shape index (κ3) is 3.76. The van der Waals surface area contributed by atoms with Crippen molar-refractivity contribution in [1.82, 2.24) is 5.32 Å². The molecule has 120 valence electrons. The molecule has 1 fully saturated rings. The SMILES string of the molecule is CCC(CNC(=O)C1CC1c1ccccc1Cl)c1ccccc1. The summed E-state index contributed by atoms with van der Waals surface area (Å²) < 4.78 is 0. The summed E-state index contributed by atoms with van der Waals surface area (Å²) in [5.41, 5.74) is 2.39. The first-order valence-electron chi connectivity index (χ1n) is 8.27. The van der Waals surface area contributed by atoms with Gasteiger partial charge in [0, 0.05) is 23.4 Å². The van der Waals surface area contributed by atoms with E-state index in [4.69, 9.17) is 11.6 Å². The maximum Gasteiger partial charge on any atom is 0.223 e. The van der Waals surface area contributed by atoms with Crippen LogP contribution in [-0.4, -0.2) is 12.5 Å². The van der Waals surface area contributed by atoms with E-state index in [1.807, 2.05) is 42.5 Å².